The molecule has 1 aromatic heterocycles. The summed E-state index contributed by atoms with van der Waals surface area (Å²) >= 11 is 0. The van der Waals surface area contributed by atoms with Crippen LogP contribution in [0.4, 0.5) is 5.82 Å². The van der Waals surface area contributed by atoms with Crippen LogP contribution >= 0.6 is 0 Å². The van der Waals surface area contributed by atoms with Gasteiger partial charge in [0, 0.05) is 17.1 Å². The molecule has 0 aliphatic carbocycles. The molecule has 1 heterocycles. The third kappa shape index (κ3) is 3.01. The van der Waals surface area contributed by atoms with Crippen LogP contribution in [0.25, 0.3) is 0 Å². The summed E-state index contributed by atoms with van der Waals surface area (Å²) in [6, 6.07) is 4.52. The van der Waals surface area contributed by atoms with Crippen LogP contribution in [0.1, 0.15) is 19.8 Å². The molecule has 0 atom stereocenters. The Balaban J connectivity index is 2.59. The van der Waals surface area contributed by atoms with Gasteiger partial charge < -0.3 is 14.9 Å². The number of hydrogen-bond acceptors (Lipinski definition) is 4. The summed E-state index contributed by atoms with van der Waals surface area (Å²) in [5, 5.41) is 10.4. The van der Waals surface area contributed by atoms with Crippen LogP contribution in [0.5, 0.6) is 5.88 Å². The maximum absolute atomic E-state index is 10.4. The monoisotopic (exact) mass is 196 g/mol. The molecular weight excluding hydrogens is 184 g/mol. The first-order chi connectivity index (χ1) is 6.74. The van der Waals surface area contributed by atoms with Crippen LogP contribution in [-0.4, -0.2) is 16.5 Å². The molecule has 0 spiro atoms. The number of aromatic nitrogens is 1. The standard InChI is InChI=1S/C9H12N2O3/c1-2-3-7-14-9-6-4-5-8(10-9)11(12)13/h4-6H,2-3,7H2,1H3. The van der Waals surface area contributed by atoms with E-state index in [1.165, 1.54) is 6.07 Å². The maximum atomic E-state index is 10.4. The molecule has 0 aliphatic heterocycles. The molecule has 0 aromatic carbocycles. The molecule has 0 aliphatic rings. The van der Waals surface area contributed by atoms with Crippen molar-refractivity contribution in [2.75, 3.05) is 6.61 Å². The van der Waals surface area contributed by atoms with Crippen molar-refractivity contribution >= 4 is 5.82 Å². The van der Waals surface area contributed by atoms with Gasteiger partial charge in [0.15, 0.2) is 0 Å². The second kappa shape index (κ2) is 5.16. The fourth-order valence-electron chi connectivity index (χ4n) is 0.907. The molecule has 1 rings (SSSR count). The van der Waals surface area contributed by atoms with Crippen LogP contribution in [0.3, 0.4) is 0 Å². The topological polar surface area (TPSA) is 65.3 Å². The highest BCUT2D eigenvalue weighted by Gasteiger charge is 2.09. The molecule has 0 amide bonds. The van der Waals surface area contributed by atoms with Gasteiger partial charge in [-0.05, 0) is 17.4 Å². The summed E-state index contributed by atoms with van der Waals surface area (Å²) in [6.45, 7) is 2.59. The lowest BCUT2D eigenvalue weighted by molar-refractivity contribution is -0.389. The Morgan fingerprint density at radius 3 is 3.00 bits per heavy atom. The van der Waals surface area contributed by atoms with E-state index in [0.717, 1.165) is 12.8 Å². The predicted octanol–water partition coefficient (Wildman–Crippen LogP) is 2.17. The Labute approximate surface area is 81.9 Å². The molecule has 0 saturated heterocycles. The number of hydrogen-bond donors (Lipinski definition) is 0. The summed E-state index contributed by atoms with van der Waals surface area (Å²) in [5.74, 6) is 0.131. The SMILES string of the molecule is CCCCOc1cccc([N+](=O)[O-])n1. The van der Waals surface area contributed by atoms with E-state index in [0.29, 0.717) is 12.5 Å². The molecule has 14 heavy (non-hydrogen) atoms. The molecule has 0 bridgehead atoms. The minimum atomic E-state index is -0.535. The molecule has 5 heteroatoms. The summed E-state index contributed by atoms with van der Waals surface area (Å²) < 4.78 is 5.22. The van der Waals surface area contributed by atoms with Gasteiger partial charge in [0.2, 0.25) is 0 Å². The van der Waals surface area contributed by atoms with Gasteiger partial charge in [-0.2, -0.15) is 0 Å². The maximum Gasteiger partial charge on any atom is 0.367 e. The van der Waals surface area contributed by atoms with E-state index in [1.807, 2.05) is 6.92 Å². The third-order valence-electron chi connectivity index (χ3n) is 1.64. The van der Waals surface area contributed by atoms with Crippen LogP contribution < -0.4 is 4.74 Å². The molecular formula is C9H12N2O3. The quantitative estimate of drug-likeness (QED) is 0.411. The van der Waals surface area contributed by atoms with E-state index in [2.05, 4.69) is 4.98 Å². The smallest absolute Gasteiger partial charge is 0.367 e. The Hall–Kier alpha value is -1.65. The van der Waals surface area contributed by atoms with E-state index in [9.17, 15) is 10.1 Å². The molecule has 76 valence electrons. The zero-order valence-corrected chi connectivity index (χ0v) is 7.97. The fraction of sp³-hybridized carbons (Fsp3) is 0.444. The van der Waals surface area contributed by atoms with E-state index in [1.54, 1.807) is 12.1 Å². The van der Waals surface area contributed by atoms with Crippen molar-refractivity contribution in [3.8, 4) is 5.88 Å². The molecule has 0 fully saturated rings. The predicted molar refractivity (Wildman–Crippen MR) is 51.3 cm³/mol. The number of unbranched alkanes of at least 4 members (excludes halogenated alkanes) is 1. The van der Waals surface area contributed by atoms with Crippen LogP contribution in [-0.2, 0) is 0 Å². The van der Waals surface area contributed by atoms with Gasteiger partial charge >= 0.3 is 11.7 Å². The number of nitrogens with zero attached hydrogens (tertiary/aromatic N) is 2. The summed E-state index contributed by atoms with van der Waals surface area (Å²) in [7, 11) is 0. The molecule has 1 aromatic rings. The van der Waals surface area contributed by atoms with Crippen molar-refractivity contribution in [1.29, 1.82) is 0 Å². The highest BCUT2D eigenvalue weighted by atomic mass is 16.6. The van der Waals surface area contributed by atoms with Gasteiger partial charge in [0.05, 0.1) is 6.61 Å². The zero-order chi connectivity index (χ0) is 10.4. The second-order valence-electron chi connectivity index (χ2n) is 2.79. The van der Waals surface area contributed by atoms with E-state index in [-0.39, 0.29) is 5.82 Å². The van der Waals surface area contributed by atoms with Gasteiger partial charge in [-0.3, -0.25) is 0 Å². The number of ether oxygens (including phenoxy) is 1. The van der Waals surface area contributed by atoms with Crippen molar-refractivity contribution < 1.29 is 9.66 Å². The van der Waals surface area contributed by atoms with Crippen molar-refractivity contribution in [3.63, 3.8) is 0 Å². The lowest BCUT2D eigenvalue weighted by Crippen LogP contribution is -2.00. The van der Waals surface area contributed by atoms with Gasteiger partial charge in [-0.15, -0.1) is 0 Å². The Morgan fingerprint density at radius 2 is 2.36 bits per heavy atom. The van der Waals surface area contributed by atoms with Gasteiger partial charge in [0.1, 0.15) is 0 Å². The molecule has 0 N–H and O–H groups in total. The highest BCUT2D eigenvalue weighted by Crippen LogP contribution is 2.13. The summed E-state index contributed by atoms with van der Waals surface area (Å²) in [4.78, 5) is 13.6. The van der Waals surface area contributed by atoms with Gasteiger partial charge in [-0.25, -0.2) is 0 Å². The van der Waals surface area contributed by atoms with Crippen molar-refractivity contribution in [2.24, 2.45) is 0 Å². The van der Waals surface area contributed by atoms with Crippen LogP contribution in [0.15, 0.2) is 18.2 Å². The molecule has 0 saturated carbocycles. The van der Waals surface area contributed by atoms with Gasteiger partial charge in [0.25, 0.3) is 0 Å². The first-order valence-corrected chi connectivity index (χ1v) is 4.48. The molecule has 5 nitrogen and oxygen atoms in total. The average molecular weight is 196 g/mol. The fourth-order valence-corrected chi connectivity index (χ4v) is 0.907. The normalized spacial score (nSPS) is 9.79. The minimum absolute atomic E-state index is 0.181. The third-order valence-corrected chi connectivity index (χ3v) is 1.64. The number of nitro groups is 1. The van der Waals surface area contributed by atoms with Crippen molar-refractivity contribution in [1.82, 2.24) is 4.98 Å². The minimum Gasteiger partial charge on any atom is -0.460 e. The molecule has 0 radical (unpaired) electrons. The summed E-state index contributed by atoms with van der Waals surface area (Å²) in [5.41, 5.74) is 0. The molecule has 0 unspecified atom stereocenters. The number of pyridine rings is 1. The Bertz CT molecular complexity index is 315. The average Bonchev–Trinajstić information content (AvgIpc) is 2.19. The zero-order valence-electron chi connectivity index (χ0n) is 7.97. The lowest BCUT2D eigenvalue weighted by Gasteiger charge is -1.99. The van der Waals surface area contributed by atoms with Gasteiger partial charge in [-0.1, -0.05) is 13.3 Å². The van der Waals surface area contributed by atoms with Crippen LogP contribution in [0.2, 0.25) is 0 Å². The van der Waals surface area contributed by atoms with E-state index < -0.39 is 4.92 Å². The Kier molecular flexibility index (Phi) is 3.84. The van der Waals surface area contributed by atoms with E-state index in [4.69, 9.17) is 4.74 Å². The van der Waals surface area contributed by atoms with Crippen LogP contribution in [0, 0.1) is 10.1 Å². The highest BCUT2D eigenvalue weighted by molar-refractivity contribution is 5.24. The summed E-state index contributed by atoms with van der Waals surface area (Å²) in [6.07, 6.45) is 1.94. The Morgan fingerprint density at radius 1 is 1.57 bits per heavy atom. The first-order valence-electron chi connectivity index (χ1n) is 4.48. The van der Waals surface area contributed by atoms with E-state index >= 15 is 0 Å². The van der Waals surface area contributed by atoms with Crippen molar-refractivity contribution in [2.45, 2.75) is 19.8 Å². The number of rotatable bonds is 5. The van der Waals surface area contributed by atoms with Crippen molar-refractivity contribution in [3.05, 3.63) is 28.3 Å². The second-order valence-corrected chi connectivity index (χ2v) is 2.79. The first kappa shape index (κ1) is 10.4. The largest absolute Gasteiger partial charge is 0.460 e. The lowest BCUT2D eigenvalue weighted by atomic mass is 10.4.